The standard InChI is InChI=1S/C28H30N4O4S/c1-20-29-26-17-25(11-12-27(26)37-20)35-19-22(33)18-31-13-15-32(16-14-31)30-28(34)21-7-9-24(10-8-21)36-23-5-3-2-4-6-23/h2-12,17,22,33H,13-16,18-19H2,1H3,(H,30,34)/t22-/m1/s1. The predicted octanol–water partition coefficient (Wildman–Crippen LogP) is 4.10. The summed E-state index contributed by atoms with van der Waals surface area (Å²) < 4.78 is 12.7. The van der Waals surface area contributed by atoms with Crippen LogP contribution in [0.25, 0.3) is 10.2 Å². The largest absolute Gasteiger partial charge is 0.491 e. The van der Waals surface area contributed by atoms with Gasteiger partial charge < -0.3 is 14.6 Å². The number of fused-ring (bicyclic) bond motifs is 1. The third kappa shape index (κ3) is 6.84. The van der Waals surface area contributed by atoms with Crippen molar-refractivity contribution in [3.8, 4) is 17.2 Å². The molecule has 5 rings (SSSR count). The highest BCUT2D eigenvalue weighted by Crippen LogP contribution is 2.25. The molecule has 9 heteroatoms. The third-order valence-electron chi connectivity index (χ3n) is 6.10. The summed E-state index contributed by atoms with van der Waals surface area (Å²) in [6, 6.07) is 22.5. The fourth-order valence-electron chi connectivity index (χ4n) is 4.20. The van der Waals surface area contributed by atoms with E-state index in [2.05, 4.69) is 15.3 Å². The Morgan fingerprint density at radius 1 is 1.00 bits per heavy atom. The molecule has 1 amide bonds. The minimum absolute atomic E-state index is 0.152. The van der Waals surface area contributed by atoms with Gasteiger partial charge in [-0.1, -0.05) is 18.2 Å². The molecule has 3 aromatic carbocycles. The summed E-state index contributed by atoms with van der Waals surface area (Å²) in [4.78, 5) is 19.3. The van der Waals surface area contributed by atoms with Crippen LogP contribution in [0.5, 0.6) is 17.2 Å². The van der Waals surface area contributed by atoms with E-state index in [-0.39, 0.29) is 12.5 Å². The van der Waals surface area contributed by atoms with Crippen molar-refractivity contribution in [2.24, 2.45) is 0 Å². The van der Waals surface area contributed by atoms with Gasteiger partial charge in [0.2, 0.25) is 0 Å². The lowest BCUT2D eigenvalue weighted by atomic mass is 10.2. The molecule has 37 heavy (non-hydrogen) atoms. The quantitative estimate of drug-likeness (QED) is 0.345. The Morgan fingerprint density at radius 3 is 2.46 bits per heavy atom. The Morgan fingerprint density at radius 2 is 1.70 bits per heavy atom. The number of carbonyl (C=O) groups excluding carboxylic acids is 1. The van der Waals surface area contributed by atoms with Crippen LogP contribution in [0, 0.1) is 6.92 Å². The molecular formula is C28H30N4O4S. The molecule has 1 aliphatic rings. The monoisotopic (exact) mass is 518 g/mol. The number of hydrogen-bond acceptors (Lipinski definition) is 8. The molecule has 0 unspecified atom stereocenters. The van der Waals surface area contributed by atoms with Gasteiger partial charge in [-0.2, -0.15) is 0 Å². The molecule has 0 saturated carbocycles. The SMILES string of the molecule is Cc1nc2cc(OC[C@H](O)CN3CCN(NC(=O)c4ccc(Oc5ccccc5)cc4)CC3)ccc2s1. The summed E-state index contributed by atoms with van der Waals surface area (Å²) in [7, 11) is 0. The highest BCUT2D eigenvalue weighted by atomic mass is 32.1. The van der Waals surface area contributed by atoms with Crippen LogP contribution in [-0.4, -0.2) is 71.3 Å². The first-order chi connectivity index (χ1) is 18.0. The maximum atomic E-state index is 12.7. The van der Waals surface area contributed by atoms with Crippen molar-refractivity contribution in [2.75, 3.05) is 39.3 Å². The number of benzene rings is 3. The number of rotatable bonds is 9. The summed E-state index contributed by atoms with van der Waals surface area (Å²) in [5.41, 5.74) is 4.47. The number of aliphatic hydroxyl groups is 1. The highest BCUT2D eigenvalue weighted by Gasteiger charge is 2.21. The van der Waals surface area contributed by atoms with Crippen molar-refractivity contribution in [3.05, 3.63) is 83.4 Å². The summed E-state index contributed by atoms with van der Waals surface area (Å²) >= 11 is 1.65. The molecule has 2 N–H and O–H groups in total. The van der Waals surface area contributed by atoms with Crippen molar-refractivity contribution in [1.82, 2.24) is 20.3 Å². The zero-order chi connectivity index (χ0) is 25.6. The lowest BCUT2D eigenvalue weighted by molar-refractivity contribution is 0.0317. The molecule has 1 atom stereocenters. The smallest absolute Gasteiger partial charge is 0.265 e. The van der Waals surface area contributed by atoms with E-state index in [1.807, 2.05) is 60.5 Å². The van der Waals surface area contributed by atoms with Crippen molar-refractivity contribution in [2.45, 2.75) is 13.0 Å². The van der Waals surface area contributed by atoms with E-state index in [1.165, 1.54) is 0 Å². The lowest BCUT2D eigenvalue weighted by Crippen LogP contribution is -2.54. The number of β-amino-alcohol motifs (C(OH)–C–C–N with tert-alkyl or cyclic N) is 1. The first kappa shape index (κ1) is 25.2. The molecule has 0 bridgehead atoms. The second-order valence-corrected chi connectivity index (χ2v) is 10.2. The van der Waals surface area contributed by atoms with Gasteiger partial charge in [-0.25, -0.2) is 9.99 Å². The zero-order valence-electron chi connectivity index (χ0n) is 20.7. The van der Waals surface area contributed by atoms with E-state index >= 15 is 0 Å². The number of aliphatic hydroxyl groups excluding tert-OH is 1. The van der Waals surface area contributed by atoms with E-state index in [0.29, 0.717) is 36.7 Å². The number of hydrazine groups is 1. The topological polar surface area (TPSA) is 87.2 Å². The van der Waals surface area contributed by atoms with E-state index in [1.54, 1.807) is 35.6 Å². The van der Waals surface area contributed by atoms with Crippen LogP contribution in [0.2, 0.25) is 0 Å². The van der Waals surface area contributed by atoms with Crippen LogP contribution in [0.3, 0.4) is 0 Å². The van der Waals surface area contributed by atoms with E-state index < -0.39 is 6.10 Å². The van der Waals surface area contributed by atoms with Gasteiger partial charge in [-0.3, -0.25) is 15.1 Å². The van der Waals surface area contributed by atoms with Gasteiger partial charge in [0, 0.05) is 44.4 Å². The number of ether oxygens (including phenoxy) is 2. The number of thiazole rings is 1. The number of piperazine rings is 1. The van der Waals surface area contributed by atoms with E-state index in [0.717, 1.165) is 34.1 Å². The van der Waals surface area contributed by atoms with Gasteiger partial charge in [0.15, 0.2) is 0 Å². The van der Waals surface area contributed by atoms with Crippen molar-refractivity contribution < 1.29 is 19.4 Å². The summed E-state index contributed by atoms with van der Waals surface area (Å²) in [5.74, 6) is 1.99. The van der Waals surface area contributed by atoms with Crippen molar-refractivity contribution >= 4 is 27.5 Å². The molecule has 192 valence electrons. The Balaban J connectivity index is 1.03. The van der Waals surface area contributed by atoms with Crippen molar-refractivity contribution in [1.29, 1.82) is 0 Å². The first-order valence-corrected chi connectivity index (χ1v) is 13.1. The number of para-hydroxylation sites is 1. The minimum Gasteiger partial charge on any atom is -0.491 e. The van der Waals surface area contributed by atoms with Gasteiger partial charge in [0.25, 0.3) is 5.91 Å². The first-order valence-electron chi connectivity index (χ1n) is 12.3. The maximum absolute atomic E-state index is 12.7. The van der Waals surface area contributed by atoms with Gasteiger partial charge in [0.1, 0.15) is 30.0 Å². The molecule has 1 fully saturated rings. The molecule has 4 aromatic rings. The number of aryl methyl sites for hydroxylation is 1. The van der Waals surface area contributed by atoms with Crippen LogP contribution < -0.4 is 14.9 Å². The Kier molecular flexibility index (Phi) is 7.96. The summed E-state index contributed by atoms with van der Waals surface area (Å²) in [5, 5.41) is 13.4. The van der Waals surface area contributed by atoms with E-state index in [4.69, 9.17) is 9.47 Å². The summed E-state index contributed by atoms with van der Waals surface area (Å²) in [6.45, 7) is 5.55. The average molecular weight is 519 g/mol. The third-order valence-corrected chi connectivity index (χ3v) is 7.06. The summed E-state index contributed by atoms with van der Waals surface area (Å²) in [6.07, 6.45) is -0.606. The van der Waals surface area contributed by atoms with Gasteiger partial charge in [-0.05, 0) is 55.5 Å². The second kappa shape index (κ2) is 11.7. The molecule has 0 aliphatic carbocycles. The zero-order valence-corrected chi connectivity index (χ0v) is 21.5. The Bertz CT molecular complexity index is 1320. The number of carbonyl (C=O) groups is 1. The van der Waals surface area contributed by atoms with Crippen LogP contribution >= 0.6 is 11.3 Å². The van der Waals surface area contributed by atoms with Crippen LogP contribution in [0.15, 0.2) is 72.8 Å². The molecule has 8 nitrogen and oxygen atoms in total. The molecule has 0 radical (unpaired) electrons. The van der Waals surface area contributed by atoms with E-state index in [9.17, 15) is 9.90 Å². The maximum Gasteiger partial charge on any atom is 0.265 e. The van der Waals surface area contributed by atoms with Gasteiger partial charge in [0.05, 0.1) is 15.2 Å². The molecule has 1 saturated heterocycles. The number of aromatic nitrogens is 1. The fourth-order valence-corrected chi connectivity index (χ4v) is 5.01. The van der Waals surface area contributed by atoms with Crippen LogP contribution in [-0.2, 0) is 0 Å². The number of hydrogen-bond donors (Lipinski definition) is 2. The molecule has 0 spiro atoms. The van der Waals surface area contributed by atoms with Gasteiger partial charge in [-0.15, -0.1) is 11.3 Å². The molecule has 1 aromatic heterocycles. The fraction of sp³-hybridized carbons (Fsp3) is 0.286. The molecule has 1 aliphatic heterocycles. The Hall–Kier alpha value is -3.50. The Labute approximate surface area is 220 Å². The second-order valence-electron chi connectivity index (χ2n) is 9.00. The normalized spacial score (nSPS) is 15.4. The number of amides is 1. The minimum atomic E-state index is -0.606. The van der Waals surface area contributed by atoms with Crippen LogP contribution in [0.4, 0.5) is 0 Å². The molecular weight excluding hydrogens is 488 g/mol. The predicted molar refractivity (Wildman–Crippen MR) is 144 cm³/mol. The number of nitrogens with zero attached hydrogens (tertiary/aromatic N) is 3. The van der Waals surface area contributed by atoms with Gasteiger partial charge >= 0.3 is 0 Å². The lowest BCUT2D eigenvalue weighted by Gasteiger charge is -2.35. The average Bonchev–Trinajstić information content (AvgIpc) is 3.29. The highest BCUT2D eigenvalue weighted by molar-refractivity contribution is 7.18. The molecule has 2 heterocycles. The van der Waals surface area contributed by atoms with Crippen molar-refractivity contribution in [3.63, 3.8) is 0 Å². The number of nitrogens with one attached hydrogen (secondary N) is 1. The van der Waals surface area contributed by atoms with Crippen LogP contribution in [0.1, 0.15) is 15.4 Å².